The van der Waals surface area contributed by atoms with Gasteiger partial charge in [0.05, 0.1) is 0 Å². The number of hydrogen-bond donors (Lipinski definition) is 3. The first-order valence-electron chi connectivity index (χ1n) is 7.75. The lowest BCUT2D eigenvalue weighted by Gasteiger charge is -2.31. The molecule has 2 rings (SSSR count). The van der Waals surface area contributed by atoms with Crippen molar-refractivity contribution in [2.24, 2.45) is 11.8 Å². The van der Waals surface area contributed by atoms with Crippen molar-refractivity contribution in [1.29, 1.82) is 0 Å². The smallest absolute Gasteiger partial charge is 0.120 e. The molecule has 1 aromatic rings. The highest BCUT2D eigenvalue weighted by atomic mass is 16.3. The summed E-state index contributed by atoms with van der Waals surface area (Å²) in [4.78, 5) is 0. The molecule has 20 heavy (non-hydrogen) atoms. The maximum Gasteiger partial charge on any atom is 0.120 e. The fraction of sp³-hybridized carbons (Fsp3) is 0.647. The van der Waals surface area contributed by atoms with Crippen LogP contribution in [0.4, 0.5) is 0 Å². The molecule has 1 aromatic carbocycles. The van der Waals surface area contributed by atoms with Gasteiger partial charge in [-0.1, -0.05) is 30.5 Å². The average Bonchev–Trinajstić information content (AvgIpc) is 2.47. The molecular formula is C17H27NO2. The molecule has 0 saturated heterocycles. The van der Waals surface area contributed by atoms with Gasteiger partial charge < -0.3 is 15.5 Å². The summed E-state index contributed by atoms with van der Waals surface area (Å²) in [5.41, 5.74) is 2.12. The molecule has 3 unspecified atom stereocenters. The Hall–Kier alpha value is -1.06. The Balaban J connectivity index is 1.94. The van der Waals surface area contributed by atoms with Crippen LogP contribution in [0.25, 0.3) is 0 Å². The number of aromatic hydroxyl groups is 1. The number of phenols is 1. The topological polar surface area (TPSA) is 52.5 Å². The first-order valence-corrected chi connectivity index (χ1v) is 7.75. The van der Waals surface area contributed by atoms with Gasteiger partial charge in [-0.25, -0.2) is 0 Å². The number of phenolic OH excluding ortho intramolecular Hbond substituents is 1. The summed E-state index contributed by atoms with van der Waals surface area (Å²) in [6, 6.07) is 5.86. The van der Waals surface area contributed by atoms with E-state index in [-0.39, 0.29) is 6.04 Å². The SMILES string of the molecule is Cc1ccc(O)c(C(C)NCC2CCCCC2CO)c1. The quantitative estimate of drug-likeness (QED) is 0.775. The van der Waals surface area contributed by atoms with Crippen molar-refractivity contribution in [2.45, 2.75) is 45.6 Å². The normalized spacial score (nSPS) is 24.6. The first-order chi connectivity index (χ1) is 9.61. The molecule has 3 nitrogen and oxygen atoms in total. The van der Waals surface area contributed by atoms with Gasteiger partial charge in [-0.2, -0.15) is 0 Å². The number of hydrogen-bond acceptors (Lipinski definition) is 3. The minimum absolute atomic E-state index is 0.135. The number of nitrogens with one attached hydrogen (secondary N) is 1. The summed E-state index contributed by atoms with van der Waals surface area (Å²) in [6.07, 6.45) is 4.86. The Morgan fingerprint density at radius 2 is 1.95 bits per heavy atom. The Morgan fingerprint density at radius 1 is 1.25 bits per heavy atom. The molecule has 0 radical (unpaired) electrons. The van der Waals surface area contributed by atoms with Crippen LogP contribution in [-0.2, 0) is 0 Å². The van der Waals surface area contributed by atoms with Crippen LogP contribution in [0, 0.1) is 18.8 Å². The molecule has 0 spiro atoms. The Labute approximate surface area is 122 Å². The zero-order valence-electron chi connectivity index (χ0n) is 12.6. The molecule has 0 aromatic heterocycles. The van der Waals surface area contributed by atoms with Crippen molar-refractivity contribution in [3.63, 3.8) is 0 Å². The van der Waals surface area contributed by atoms with Crippen LogP contribution in [-0.4, -0.2) is 23.4 Å². The monoisotopic (exact) mass is 277 g/mol. The summed E-state index contributed by atoms with van der Waals surface area (Å²) in [5.74, 6) is 1.36. The standard InChI is InChI=1S/C17H27NO2/c1-12-7-8-17(20)16(9-12)13(2)18-10-14-5-3-4-6-15(14)11-19/h7-9,13-15,18-20H,3-6,10-11H2,1-2H3. The second kappa shape index (κ2) is 7.09. The van der Waals surface area contributed by atoms with E-state index in [1.165, 1.54) is 19.3 Å². The summed E-state index contributed by atoms with van der Waals surface area (Å²) in [5, 5.41) is 22.9. The minimum Gasteiger partial charge on any atom is -0.508 e. The van der Waals surface area contributed by atoms with Crippen molar-refractivity contribution in [1.82, 2.24) is 5.32 Å². The van der Waals surface area contributed by atoms with Crippen LogP contribution in [0.1, 0.15) is 49.8 Å². The van der Waals surface area contributed by atoms with Gasteiger partial charge in [0.15, 0.2) is 0 Å². The second-order valence-electron chi connectivity index (χ2n) is 6.18. The van der Waals surface area contributed by atoms with E-state index in [0.29, 0.717) is 24.2 Å². The zero-order valence-corrected chi connectivity index (χ0v) is 12.6. The third kappa shape index (κ3) is 3.74. The van der Waals surface area contributed by atoms with Crippen molar-refractivity contribution in [3.05, 3.63) is 29.3 Å². The first kappa shape index (κ1) is 15.3. The number of benzene rings is 1. The molecule has 3 heteroatoms. The van der Waals surface area contributed by atoms with Gasteiger partial charge in [-0.15, -0.1) is 0 Å². The predicted molar refractivity (Wildman–Crippen MR) is 81.8 cm³/mol. The van der Waals surface area contributed by atoms with E-state index in [9.17, 15) is 10.2 Å². The van der Waals surface area contributed by atoms with Crippen LogP contribution in [0.5, 0.6) is 5.75 Å². The highest BCUT2D eigenvalue weighted by molar-refractivity contribution is 5.37. The Bertz CT molecular complexity index is 433. The maximum absolute atomic E-state index is 9.96. The molecule has 0 aliphatic heterocycles. The Kier molecular flexibility index (Phi) is 5.44. The van der Waals surface area contributed by atoms with Crippen molar-refractivity contribution in [3.8, 4) is 5.75 Å². The van der Waals surface area contributed by atoms with Crippen LogP contribution < -0.4 is 5.32 Å². The van der Waals surface area contributed by atoms with E-state index < -0.39 is 0 Å². The average molecular weight is 277 g/mol. The van der Waals surface area contributed by atoms with Crippen LogP contribution >= 0.6 is 0 Å². The maximum atomic E-state index is 9.96. The summed E-state index contributed by atoms with van der Waals surface area (Å²) < 4.78 is 0. The molecule has 0 amide bonds. The lowest BCUT2D eigenvalue weighted by atomic mass is 9.79. The van der Waals surface area contributed by atoms with Gasteiger partial charge in [0.25, 0.3) is 0 Å². The van der Waals surface area contributed by atoms with E-state index in [1.807, 2.05) is 19.1 Å². The van der Waals surface area contributed by atoms with Gasteiger partial charge in [-0.3, -0.25) is 0 Å². The molecule has 1 aliphatic carbocycles. The van der Waals surface area contributed by atoms with Gasteiger partial charge in [0.1, 0.15) is 5.75 Å². The molecule has 1 saturated carbocycles. The van der Waals surface area contributed by atoms with E-state index in [4.69, 9.17) is 0 Å². The minimum atomic E-state index is 0.135. The van der Waals surface area contributed by atoms with E-state index in [1.54, 1.807) is 6.07 Å². The molecule has 3 atom stereocenters. The zero-order chi connectivity index (χ0) is 14.5. The van der Waals surface area contributed by atoms with Crippen molar-refractivity contribution in [2.75, 3.05) is 13.2 Å². The van der Waals surface area contributed by atoms with Crippen LogP contribution in [0.15, 0.2) is 18.2 Å². The van der Waals surface area contributed by atoms with Gasteiger partial charge >= 0.3 is 0 Å². The molecule has 112 valence electrons. The van der Waals surface area contributed by atoms with Gasteiger partial charge in [0, 0.05) is 18.2 Å². The molecule has 1 fully saturated rings. The van der Waals surface area contributed by atoms with Gasteiger partial charge in [-0.05, 0) is 51.1 Å². The van der Waals surface area contributed by atoms with Crippen molar-refractivity contribution < 1.29 is 10.2 Å². The highest BCUT2D eigenvalue weighted by Crippen LogP contribution is 2.30. The third-order valence-electron chi connectivity index (χ3n) is 4.64. The lowest BCUT2D eigenvalue weighted by molar-refractivity contribution is 0.131. The molecule has 0 heterocycles. The largest absolute Gasteiger partial charge is 0.508 e. The molecular weight excluding hydrogens is 250 g/mol. The van der Waals surface area contributed by atoms with E-state index >= 15 is 0 Å². The summed E-state index contributed by atoms with van der Waals surface area (Å²) in [6.45, 7) is 5.35. The highest BCUT2D eigenvalue weighted by Gasteiger charge is 2.24. The Morgan fingerprint density at radius 3 is 2.65 bits per heavy atom. The number of aliphatic hydroxyl groups excluding tert-OH is 1. The number of aryl methyl sites for hydroxylation is 1. The van der Waals surface area contributed by atoms with Crippen molar-refractivity contribution >= 4 is 0 Å². The van der Waals surface area contributed by atoms with Crippen LogP contribution in [0.2, 0.25) is 0 Å². The fourth-order valence-corrected chi connectivity index (χ4v) is 3.25. The van der Waals surface area contributed by atoms with Gasteiger partial charge in [0.2, 0.25) is 0 Å². The fourth-order valence-electron chi connectivity index (χ4n) is 3.25. The van der Waals surface area contributed by atoms with Crippen LogP contribution in [0.3, 0.4) is 0 Å². The summed E-state index contributed by atoms with van der Waals surface area (Å²) >= 11 is 0. The summed E-state index contributed by atoms with van der Waals surface area (Å²) in [7, 11) is 0. The molecule has 0 bridgehead atoms. The lowest BCUT2D eigenvalue weighted by Crippen LogP contribution is -2.33. The second-order valence-corrected chi connectivity index (χ2v) is 6.18. The number of aliphatic hydroxyl groups is 1. The third-order valence-corrected chi connectivity index (χ3v) is 4.64. The van der Waals surface area contributed by atoms with E-state index in [2.05, 4.69) is 12.2 Å². The molecule has 3 N–H and O–H groups in total. The number of rotatable bonds is 5. The molecule has 1 aliphatic rings. The van der Waals surface area contributed by atoms with E-state index in [0.717, 1.165) is 24.1 Å². The predicted octanol–water partition coefficient (Wildman–Crippen LogP) is 3.15.